The van der Waals surface area contributed by atoms with E-state index >= 15 is 0 Å². The maximum Gasteiger partial charge on any atom is 0.265 e. The van der Waals surface area contributed by atoms with Crippen molar-refractivity contribution in [2.75, 3.05) is 31.6 Å². The van der Waals surface area contributed by atoms with Crippen molar-refractivity contribution in [3.05, 3.63) is 59.2 Å². The van der Waals surface area contributed by atoms with Crippen LogP contribution in [0.25, 0.3) is 0 Å². The number of morpholine rings is 1. The number of amides is 2. The molecule has 31 heavy (non-hydrogen) atoms. The van der Waals surface area contributed by atoms with Gasteiger partial charge in [0.2, 0.25) is 0 Å². The third kappa shape index (κ3) is 5.07. The summed E-state index contributed by atoms with van der Waals surface area (Å²) in [7, 11) is 0. The first kappa shape index (κ1) is 21.4. The molecule has 0 saturated carbocycles. The average molecular weight is 423 g/mol. The summed E-state index contributed by atoms with van der Waals surface area (Å²) in [6.45, 7) is 4.10. The highest BCUT2D eigenvalue weighted by Gasteiger charge is 2.24. The number of aryl methyl sites for hydroxylation is 2. The summed E-state index contributed by atoms with van der Waals surface area (Å²) in [5.41, 5.74) is 3.70. The van der Waals surface area contributed by atoms with Crippen LogP contribution >= 0.6 is 0 Å². The van der Waals surface area contributed by atoms with Crippen LogP contribution in [-0.4, -0.2) is 49.1 Å². The summed E-state index contributed by atoms with van der Waals surface area (Å²) in [5, 5.41) is 2.92. The molecule has 1 heterocycles. The number of para-hydroxylation sites is 1. The monoisotopic (exact) mass is 422 g/mol. The van der Waals surface area contributed by atoms with Crippen molar-refractivity contribution in [3.63, 3.8) is 0 Å². The highest BCUT2D eigenvalue weighted by molar-refractivity contribution is 6.04. The van der Waals surface area contributed by atoms with Gasteiger partial charge in [0.05, 0.1) is 24.5 Å². The van der Waals surface area contributed by atoms with E-state index in [-0.39, 0.29) is 11.8 Å². The van der Waals surface area contributed by atoms with Crippen LogP contribution in [0.2, 0.25) is 0 Å². The van der Waals surface area contributed by atoms with E-state index < -0.39 is 6.10 Å². The molecular formula is C25H30N2O4. The SMILES string of the molecule is CC[C@@H](Oc1ccc2c(c1)CCCC2)C(=O)Nc1ccccc1C(=O)N1CCOCC1. The summed E-state index contributed by atoms with van der Waals surface area (Å²) in [5.74, 6) is 0.380. The largest absolute Gasteiger partial charge is 0.481 e. The Bertz CT molecular complexity index is 937. The molecule has 1 atom stereocenters. The molecule has 0 unspecified atom stereocenters. The molecule has 0 bridgehead atoms. The van der Waals surface area contributed by atoms with Crippen LogP contribution in [0.1, 0.15) is 47.7 Å². The number of carbonyl (C=O) groups excluding carboxylic acids is 2. The van der Waals surface area contributed by atoms with Crippen LogP contribution in [0.3, 0.4) is 0 Å². The van der Waals surface area contributed by atoms with Gasteiger partial charge in [0.15, 0.2) is 6.10 Å². The van der Waals surface area contributed by atoms with Crippen molar-refractivity contribution in [2.24, 2.45) is 0 Å². The Morgan fingerprint density at radius 2 is 1.81 bits per heavy atom. The van der Waals surface area contributed by atoms with E-state index in [1.807, 2.05) is 25.1 Å². The van der Waals surface area contributed by atoms with E-state index in [1.54, 1.807) is 17.0 Å². The molecule has 1 saturated heterocycles. The second kappa shape index (κ2) is 9.96. The van der Waals surface area contributed by atoms with Gasteiger partial charge in [-0.3, -0.25) is 9.59 Å². The predicted molar refractivity (Wildman–Crippen MR) is 120 cm³/mol. The minimum atomic E-state index is -0.631. The summed E-state index contributed by atoms with van der Waals surface area (Å²) >= 11 is 0. The lowest BCUT2D eigenvalue weighted by molar-refractivity contribution is -0.122. The van der Waals surface area contributed by atoms with Crippen molar-refractivity contribution in [1.29, 1.82) is 0 Å². The molecule has 2 aliphatic rings. The van der Waals surface area contributed by atoms with Gasteiger partial charge in [-0.2, -0.15) is 0 Å². The first-order valence-corrected chi connectivity index (χ1v) is 11.2. The minimum Gasteiger partial charge on any atom is -0.481 e. The number of hydrogen-bond acceptors (Lipinski definition) is 4. The van der Waals surface area contributed by atoms with Gasteiger partial charge in [0, 0.05) is 13.1 Å². The Kier molecular flexibility index (Phi) is 6.87. The molecule has 4 rings (SSSR count). The molecule has 2 aromatic carbocycles. The predicted octanol–water partition coefficient (Wildman–Crippen LogP) is 3.83. The number of nitrogens with zero attached hydrogens (tertiary/aromatic N) is 1. The van der Waals surface area contributed by atoms with E-state index in [1.165, 1.54) is 24.0 Å². The van der Waals surface area contributed by atoms with Gasteiger partial charge in [-0.05, 0) is 67.5 Å². The Labute approximate surface area is 183 Å². The van der Waals surface area contributed by atoms with E-state index in [2.05, 4.69) is 17.4 Å². The zero-order valence-electron chi connectivity index (χ0n) is 18.1. The Morgan fingerprint density at radius 1 is 1.06 bits per heavy atom. The number of ether oxygens (including phenoxy) is 2. The second-order valence-corrected chi connectivity index (χ2v) is 8.09. The van der Waals surface area contributed by atoms with Gasteiger partial charge in [0.25, 0.3) is 11.8 Å². The number of carbonyl (C=O) groups is 2. The van der Waals surface area contributed by atoms with Crippen LogP contribution in [0, 0.1) is 0 Å². The highest BCUT2D eigenvalue weighted by atomic mass is 16.5. The number of fused-ring (bicyclic) bond motifs is 1. The Hall–Kier alpha value is -2.86. The zero-order chi connectivity index (χ0) is 21.6. The molecule has 164 valence electrons. The molecule has 6 nitrogen and oxygen atoms in total. The van der Waals surface area contributed by atoms with E-state index in [0.29, 0.717) is 44.0 Å². The van der Waals surface area contributed by atoms with Crippen LogP contribution in [0.5, 0.6) is 5.75 Å². The van der Waals surface area contributed by atoms with Gasteiger partial charge >= 0.3 is 0 Å². The molecule has 1 fully saturated rings. The number of nitrogens with one attached hydrogen (secondary N) is 1. The van der Waals surface area contributed by atoms with Gasteiger partial charge in [-0.15, -0.1) is 0 Å². The second-order valence-electron chi connectivity index (χ2n) is 8.09. The molecule has 0 radical (unpaired) electrons. The quantitative estimate of drug-likeness (QED) is 0.768. The van der Waals surface area contributed by atoms with Crippen molar-refractivity contribution < 1.29 is 19.1 Å². The number of rotatable bonds is 6. The fourth-order valence-corrected chi connectivity index (χ4v) is 4.20. The lowest BCUT2D eigenvalue weighted by atomic mass is 9.92. The molecular weight excluding hydrogens is 392 g/mol. The van der Waals surface area contributed by atoms with Gasteiger partial charge in [-0.1, -0.05) is 25.1 Å². The van der Waals surface area contributed by atoms with Crippen molar-refractivity contribution in [2.45, 2.75) is 45.1 Å². The number of benzene rings is 2. The van der Waals surface area contributed by atoms with Gasteiger partial charge in [-0.25, -0.2) is 0 Å². The standard InChI is InChI=1S/C25H30N2O4/c1-2-23(31-20-12-11-18-7-3-4-8-19(18)17-20)24(28)26-22-10-6-5-9-21(22)25(29)27-13-15-30-16-14-27/h5-6,9-12,17,23H,2-4,7-8,13-16H2,1H3,(H,26,28)/t23-/m1/s1. The normalized spacial score (nSPS) is 16.9. The molecule has 1 aliphatic carbocycles. The van der Waals surface area contributed by atoms with Crippen LogP contribution in [-0.2, 0) is 22.4 Å². The Balaban J connectivity index is 1.46. The maximum absolute atomic E-state index is 13.0. The van der Waals surface area contributed by atoms with Crippen LogP contribution in [0.15, 0.2) is 42.5 Å². The summed E-state index contributed by atoms with van der Waals surface area (Å²) in [6.07, 6.45) is 4.50. The van der Waals surface area contributed by atoms with E-state index in [4.69, 9.17) is 9.47 Å². The van der Waals surface area contributed by atoms with E-state index in [9.17, 15) is 9.59 Å². The smallest absolute Gasteiger partial charge is 0.265 e. The van der Waals surface area contributed by atoms with Crippen molar-refractivity contribution >= 4 is 17.5 Å². The fourth-order valence-electron chi connectivity index (χ4n) is 4.20. The van der Waals surface area contributed by atoms with Crippen molar-refractivity contribution in [1.82, 2.24) is 4.90 Å². The third-order valence-electron chi connectivity index (χ3n) is 5.98. The molecule has 0 spiro atoms. The average Bonchev–Trinajstić information content (AvgIpc) is 2.82. The number of hydrogen-bond donors (Lipinski definition) is 1. The van der Waals surface area contributed by atoms with Crippen LogP contribution < -0.4 is 10.1 Å². The lowest BCUT2D eigenvalue weighted by Crippen LogP contribution is -2.41. The lowest BCUT2D eigenvalue weighted by Gasteiger charge is -2.27. The third-order valence-corrected chi connectivity index (χ3v) is 5.98. The van der Waals surface area contributed by atoms with Gasteiger partial charge < -0.3 is 19.7 Å². The molecule has 1 aliphatic heterocycles. The first-order valence-electron chi connectivity index (χ1n) is 11.2. The molecule has 6 heteroatoms. The Morgan fingerprint density at radius 3 is 2.58 bits per heavy atom. The fraction of sp³-hybridized carbons (Fsp3) is 0.440. The molecule has 2 aromatic rings. The summed E-state index contributed by atoms with van der Waals surface area (Å²) < 4.78 is 11.4. The van der Waals surface area contributed by atoms with Crippen LogP contribution in [0.4, 0.5) is 5.69 Å². The topological polar surface area (TPSA) is 67.9 Å². The highest BCUT2D eigenvalue weighted by Crippen LogP contribution is 2.26. The maximum atomic E-state index is 13.0. The molecule has 0 aromatic heterocycles. The summed E-state index contributed by atoms with van der Waals surface area (Å²) in [6, 6.07) is 13.3. The number of anilines is 1. The minimum absolute atomic E-state index is 0.0946. The summed E-state index contributed by atoms with van der Waals surface area (Å²) in [4.78, 5) is 27.7. The zero-order valence-corrected chi connectivity index (χ0v) is 18.1. The first-order chi connectivity index (χ1) is 15.2. The molecule has 2 amide bonds. The molecule has 1 N–H and O–H groups in total. The van der Waals surface area contributed by atoms with Gasteiger partial charge in [0.1, 0.15) is 5.75 Å². The van der Waals surface area contributed by atoms with Crippen molar-refractivity contribution in [3.8, 4) is 5.75 Å². The van der Waals surface area contributed by atoms with E-state index in [0.717, 1.165) is 18.6 Å².